The highest BCUT2D eigenvalue weighted by Gasteiger charge is 2.36. The summed E-state index contributed by atoms with van der Waals surface area (Å²) in [6, 6.07) is 32.9. The number of rotatable bonds is 4. The zero-order valence-corrected chi connectivity index (χ0v) is 32.4. The van der Waals surface area contributed by atoms with Crippen molar-refractivity contribution in [3.05, 3.63) is 166 Å². The van der Waals surface area contributed by atoms with Gasteiger partial charge in [-0.15, -0.1) is 0 Å². The summed E-state index contributed by atoms with van der Waals surface area (Å²) in [7, 11) is 0. The zero-order valence-electron chi connectivity index (χ0n) is 32.4. The van der Waals surface area contributed by atoms with Crippen molar-refractivity contribution in [2.45, 2.75) is 39.3 Å². The molecule has 9 aromatic rings. The number of hydrogen-bond acceptors (Lipinski definition) is 1. The van der Waals surface area contributed by atoms with Crippen LogP contribution >= 0.6 is 0 Å². The van der Waals surface area contributed by atoms with Crippen molar-refractivity contribution in [3.63, 3.8) is 0 Å². The Morgan fingerprint density at radius 2 is 0.984 bits per heavy atom. The fourth-order valence-electron chi connectivity index (χ4n) is 8.55. The Hall–Kier alpha value is -7.00. The normalized spacial score (nSPS) is 12.6. The summed E-state index contributed by atoms with van der Waals surface area (Å²) in [6.07, 6.45) is -14.1. The molecule has 0 amide bonds. The molecular weight excluding hydrogens is 802 g/mol. The average Bonchev–Trinajstić information content (AvgIpc) is 3.70. The highest BCUT2D eigenvalue weighted by atomic mass is 19.4. The van der Waals surface area contributed by atoms with E-state index in [1.54, 1.807) is 70.7 Å². The van der Waals surface area contributed by atoms with E-state index < -0.39 is 35.2 Å². The predicted molar refractivity (Wildman–Crippen MR) is 220 cm³/mol. The first-order chi connectivity index (χ1) is 28.8. The second kappa shape index (κ2) is 13.8. The first-order valence-corrected chi connectivity index (χ1v) is 18.9. The fourth-order valence-corrected chi connectivity index (χ4v) is 8.55. The molecule has 2 heterocycles. The monoisotopic (exact) mass is 831 g/mol. The summed E-state index contributed by atoms with van der Waals surface area (Å²) >= 11 is 0. The van der Waals surface area contributed by atoms with Gasteiger partial charge in [0.15, 0.2) is 0 Å². The van der Waals surface area contributed by atoms with Crippen LogP contribution in [0.5, 0.6) is 0 Å². The molecule has 0 saturated carbocycles. The van der Waals surface area contributed by atoms with Crippen molar-refractivity contribution in [1.29, 1.82) is 5.26 Å². The van der Waals surface area contributed by atoms with Gasteiger partial charge in [-0.1, -0.05) is 41.5 Å². The van der Waals surface area contributed by atoms with E-state index in [1.807, 2.05) is 19.9 Å². The van der Waals surface area contributed by atoms with Gasteiger partial charge in [0, 0.05) is 32.8 Å². The molecule has 0 unspecified atom stereocenters. The molecule has 0 N–H and O–H groups in total. The number of nitriles is 1. The van der Waals surface area contributed by atoms with E-state index in [2.05, 4.69) is 6.07 Å². The number of aromatic nitrogens is 2. The third-order valence-corrected chi connectivity index (χ3v) is 11.3. The Bertz CT molecular complexity index is 3320. The lowest BCUT2D eigenvalue weighted by atomic mass is 9.87. The van der Waals surface area contributed by atoms with Gasteiger partial charge in [0.25, 0.3) is 0 Å². The third kappa shape index (κ3) is 6.56. The third-order valence-electron chi connectivity index (χ3n) is 11.3. The molecule has 304 valence electrons. The maximum atomic E-state index is 15.0. The number of aryl methyl sites for hydroxylation is 3. The molecular formula is C49H30F9N3. The number of alkyl halides is 9. The van der Waals surface area contributed by atoms with Crippen LogP contribution in [0, 0.1) is 32.1 Å². The lowest BCUT2D eigenvalue weighted by Crippen LogP contribution is -2.09. The van der Waals surface area contributed by atoms with Crippen LogP contribution in [-0.4, -0.2) is 9.13 Å². The van der Waals surface area contributed by atoms with E-state index in [9.17, 15) is 44.8 Å². The molecule has 0 aliphatic rings. The van der Waals surface area contributed by atoms with Gasteiger partial charge in [0.05, 0.1) is 56.1 Å². The molecule has 0 bridgehead atoms. The second-order valence-electron chi connectivity index (χ2n) is 15.2. The topological polar surface area (TPSA) is 33.6 Å². The summed E-state index contributed by atoms with van der Waals surface area (Å²) in [5.41, 5.74) is 2.48. The molecule has 61 heavy (non-hydrogen) atoms. The molecule has 12 heteroatoms. The lowest BCUT2D eigenvalue weighted by molar-refractivity contribution is -0.138. The quantitative estimate of drug-likeness (QED) is 0.163. The molecule has 0 fully saturated rings. The molecule has 2 aromatic heterocycles. The fraction of sp³-hybridized carbons (Fsp3) is 0.122. The van der Waals surface area contributed by atoms with Crippen molar-refractivity contribution in [2.24, 2.45) is 0 Å². The Kier molecular flexibility index (Phi) is 8.91. The SMILES string of the molecule is Cc1ccc2c(c1)c1cc(C(F)(F)F)ccc1n2-c1ccc(-c2c(C)cccc2C(F)(F)F)c(-c2cc(C#N)ccc2-n2c3ccc(C)cc3c3cc(C(F)(F)F)ccc32)c1. The van der Waals surface area contributed by atoms with Crippen LogP contribution in [0.2, 0.25) is 0 Å². The van der Waals surface area contributed by atoms with Crippen LogP contribution in [0.4, 0.5) is 39.5 Å². The number of benzene rings is 7. The highest BCUT2D eigenvalue weighted by Crippen LogP contribution is 2.47. The Balaban J connectivity index is 1.42. The Morgan fingerprint density at radius 3 is 1.51 bits per heavy atom. The molecule has 0 atom stereocenters. The molecule has 0 radical (unpaired) electrons. The van der Waals surface area contributed by atoms with Gasteiger partial charge in [-0.3, -0.25) is 0 Å². The summed E-state index contributed by atoms with van der Waals surface area (Å²) in [6.45, 7) is 5.17. The first-order valence-electron chi connectivity index (χ1n) is 18.9. The van der Waals surface area contributed by atoms with Crippen LogP contribution in [0.3, 0.4) is 0 Å². The minimum atomic E-state index is -4.80. The van der Waals surface area contributed by atoms with Gasteiger partial charge >= 0.3 is 18.5 Å². The lowest BCUT2D eigenvalue weighted by Gasteiger charge is -2.22. The van der Waals surface area contributed by atoms with Gasteiger partial charge in [-0.2, -0.15) is 44.8 Å². The van der Waals surface area contributed by atoms with Crippen molar-refractivity contribution < 1.29 is 39.5 Å². The average molecular weight is 832 g/mol. The van der Waals surface area contributed by atoms with E-state index >= 15 is 0 Å². The maximum absolute atomic E-state index is 15.0. The van der Waals surface area contributed by atoms with Crippen molar-refractivity contribution >= 4 is 43.6 Å². The first kappa shape index (κ1) is 39.5. The maximum Gasteiger partial charge on any atom is 0.417 e. The highest BCUT2D eigenvalue weighted by molar-refractivity contribution is 6.12. The Morgan fingerprint density at radius 1 is 0.459 bits per heavy atom. The molecule has 9 rings (SSSR count). The zero-order chi connectivity index (χ0) is 43.3. The molecule has 0 saturated heterocycles. The summed E-state index contributed by atoms with van der Waals surface area (Å²) in [5.74, 6) is 0. The Labute approximate surface area is 342 Å². The van der Waals surface area contributed by atoms with Crippen molar-refractivity contribution in [1.82, 2.24) is 9.13 Å². The predicted octanol–water partition coefficient (Wildman–Crippen LogP) is 15.1. The second-order valence-corrected chi connectivity index (χ2v) is 15.2. The molecule has 0 spiro atoms. The standard InChI is InChI=1S/C49H30F9N3/c1-26-7-14-41-35(19-26)38-22-30(47(50,51)52)10-17-42(38)60(41)32-12-13-33(46-28(3)5-4-6-40(46)49(56,57)58)34(24-32)37-21-29(25-59)9-16-44(37)61-43-15-8-27(2)20-36(43)39-23-31(48(53,54)55)11-18-45(39)61/h4-24H,1-3H3. The van der Waals surface area contributed by atoms with Crippen LogP contribution in [0.1, 0.15) is 38.9 Å². The van der Waals surface area contributed by atoms with E-state index in [0.29, 0.717) is 55.2 Å². The number of hydrogen-bond donors (Lipinski definition) is 0. The summed E-state index contributed by atoms with van der Waals surface area (Å²) < 4.78 is 133. The molecule has 7 aromatic carbocycles. The van der Waals surface area contributed by atoms with Gasteiger partial charge in [-0.05, 0) is 140 Å². The van der Waals surface area contributed by atoms with Crippen LogP contribution in [0.25, 0.3) is 77.2 Å². The number of nitrogens with zero attached hydrogens (tertiary/aromatic N) is 3. The van der Waals surface area contributed by atoms with Gasteiger partial charge in [-0.25, -0.2) is 0 Å². The van der Waals surface area contributed by atoms with Gasteiger partial charge in [0.2, 0.25) is 0 Å². The van der Waals surface area contributed by atoms with Gasteiger partial charge < -0.3 is 9.13 Å². The van der Waals surface area contributed by atoms with Crippen LogP contribution < -0.4 is 0 Å². The molecule has 0 aliphatic heterocycles. The molecule has 0 aliphatic carbocycles. The van der Waals surface area contributed by atoms with Crippen molar-refractivity contribution in [2.75, 3.05) is 0 Å². The smallest absolute Gasteiger partial charge is 0.309 e. The minimum absolute atomic E-state index is 0.134. The van der Waals surface area contributed by atoms with E-state index in [1.165, 1.54) is 36.4 Å². The van der Waals surface area contributed by atoms with Gasteiger partial charge in [0.1, 0.15) is 0 Å². The van der Waals surface area contributed by atoms with E-state index in [4.69, 9.17) is 0 Å². The minimum Gasteiger partial charge on any atom is -0.309 e. The largest absolute Gasteiger partial charge is 0.417 e. The van der Waals surface area contributed by atoms with E-state index in [-0.39, 0.29) is 33.2 Å². The number of fused-ring (bicyclic) bond motifs is 6. The summed E-state index contributed by atoms with van der Waals surface area (Å²) in [5, 5.41) is 11.9. The van der Waals surface area contributed by atoms with E-state index in [0.717, 1.165) is 41.5 Å². The molecule has 3 nitrogen and oxygen atoms in total. The number of halogens is 9. The summed E-state index contributed by atoms with van der Waals surface area (Å²) in [4.78, 5) is 0. The van der Waals surface area contributed by atoms with Crippen molar-refractivity contribution in [3.8, 4) is 39.7 Å². The van der Waals surface area contributed by atoms with Crippen LogP contribution in [0.15, 0.2) is 127 Å². The van der Waals surface area contributed by atoms with Crippen LogP contribution in [-0.2, 0) is 18.5 Å².